The molecule has 0 spiro atoms. The smallest absolute Gasteiger partial charge is 0.272 e. The van der Waals surface area contributed by atoms with Gasteiger partial charge in [0, 0.05) is 43.0 Å². The van der Waals surface area contributed by atoms with Gasteiger partial charge < -0.3 is 10.1 Å². The van der Waals surface area contributed by atoms with E-state index in [-0.39, 0.29) is 16.7 Å². The maximum Gasteiger partial charge on any atom is 0.272 e. The monoisotopic (exact) mass is 279 g/mol. The van der Waals surface area contributed by atoms with Crippen molar-refractivity contribution in [3.63, 3.8) is 0 Å². The van der Waals surface area contributed by atoms with Gasteiger partial charge in [0.1, 0.15) is 0 Å². The summed E-state index contributed by atoms with van der Waals surface area (Å²) in [6.07, 6.45) is 0. The van der Waals surface area contributed by atoms with Gasteiger partial charge in [-0.3, -0.25) is 15.0 Å². The average Bonchev–Trinajstić information content (AvgIpc) is 2.39. The predicted octanol–water partition coefficient (Wildman–Crippen LogP) is 2.04. The molecule has 0 radical (unpaired) electrons. The van der Waals surface area contributed by atoms with Gasteiger partial charge in [0.15, 0.2) is 0 Å². The summed E-state index contributed by atoms with van der Waals surface area (Å²) in [5.74, 6) is 0. The van der Waals surface area contributed by atoms with Crippen LogP contribution in [0, 0.1) is 17.0 Å². The Balaban J connectivity index is 1.92. The first-order valence-electron chi connectivity index (χ1n) is 6.88. The molecule has 1 aromatic carbocycles. The topological polar surface area (TPSA) is 67.6 Å². The van der Waals surface area contributed by atoms with E-state index in [9.17, 15) is 10.1 Å². The summed E-state index contributed by atoms with van der Waals surface area (Å²) in [5, 5.41) is 14.2. The van der Waals surface area contributed by atoms with E-state index in [1.54, 1.807) is 19.1 Å². The maximum atomic E-state index is 10.8. The normalized spacial score (nSPS) is 17.7. The first-order chi connectivity index (χ1) is 9.56. The Labute approximate surface area is 118 Å². The zero-order chi connectivity index (χ0) is 14.5. The van der Waals surface area contributed by atoms with Crippen molar-refractivity contribution in [2.24, 2.45) is 0 Å². The highest BCUT2D eigenvalue weighted by atomic mass is 16.6. The zero-order valence-corrected chi connectivity index (χ0v) is 12.0. The summed E-state index contributed by atoms with van der Waals surface area (Å²) in [5.41, 5.74) is 1.77. The molecule has 1 fully saturated rings. The van der Waals surface area contributed by atoms with Crippen LogP contribution in [-0.2, 0) is 4.74 Å². The lowest BCUT2D eigenvalue weighted by molar-refractivity contribution is -0.385. The molecule has 0 aromatic heterocycles. The molecule has 0 aliphatic carbocycles. The summed E-state index contributed by atoms with van der Waals surface area (Å²) < 4.78 is 5.32. The molecule has 1 unspecified atom stereocenters. The number of nitro groups is 1. The Morgan fingerprint density at radius 3 is 2.75 bits per heavy atom. The van der Waals surface area contributed by atoms with Crippen LogP contribution in [0.4, 0.5) is 11.4 Å². The minimum Gasteiger partial charge on any atom is -0.381 e. The van der Waals surface area contributed by atoms with Crippen molar-refractivity contribution in [2.75, 3.05) is 38.2 Å². The van der Waals surface area contributed by atoms with Gasteiger partial charge in [-0.15, -0.1) is 0 Å². The van der Waals surface area contributed by atoms with E-state index in [0.29, 0.717) is 5.56 Å². The fourth-order valence-electron chi connectivity index (χ4n) is 2.45. The highest BCUT2D eigenvalue weighted by molar-refractivity contribution is 5.53. The molecular weight excluding hydrogens is 258 g/mol. The van der Waals surface area contributed by atoms with Crippen LogP contribution in [0.2, 0.25) is 0 Å². The predicted molar refractivity (Wildman–Crippen MR) is 78.2 cm³/mol. The summed E-state index contributed by atoms with van der Waals surface area (Å²) in [4.78, 5) is 12.8. The van der Waals surface area contributed by atoms with Gasteiger partial charge in [-0.1, -0.05) is 0 Å². The van der Waals surface area contributed by atoms with Crippen LogP contribution in [0.5, 0.6) is 0 Å². The molecule has 0 saturated carbocycles. The van der Waals surface area contributed by atoms with Crippen molar-refractivity contribution in [1.29, 1.82) is 0 Å². The molecule has 20 heavy (non-hydrogen) atoms. The fourth-order valence-corrected chi connectivity index (χ4v) is 2.45. The summed E-state index contributed by atoms with van der Waals surface area (Å²) in [6.45, 7) is 8.34. The number of rotatable bonds is 5. The minimum atomic E-state index is -0.351. The van der Waals surface area contributed by atoms with Gasteiger partial charge in [0.05, 0.1) is 18.1 Å². The fraction of sp³-hybridized carbons (Fsp3) is 0.571. The molecule has 0 bridgehead atoms. The van der Waals surface area contributed by atoms with Crippen molar-refractivity contribution in [1.82, 2.24) is 4.90 Å². The number of hydrogen-bond donors (Lipinski definition) is 1. The molecule has 1 aliphatic rings. The number of ether oxygens (including phenoxy) is 1. The van der Waals surface area contributed by atoms with Crippen LogP contribution in [0.25, 0.3) is 0 Å². The van der Waals surface area contributed by atoms with Crippen LogP contribution in [-0.4, -0.2) is 48.7 Å². The van der Waals surface area contributed by atoms with Crippen LogP contribution in [0.1, 0.15) is 12.5 Å². The number of benzene rings is 1. The highest BCUT2D eigenvalue weighted by Gasteiger charge is 2.15. The number of morpholine rings is 1. The van der Waals surface area contributed by atoms with E-state index >= 15 is 0 Å². The Morgan fingerprint density at radius 1 is 1.45 bits per heavy atom. The zero-order valence-electron chi connectivity index (χ0n) is 12.0. The second kappa shape index (κ2) is 6.67. The SMILES string of the molecule is Cc1cc(NC(C)CN2CCOCC2)ccc1[N+](=O)[O-]. The molecule has 1 N–H and O–H groups in total. The number of nitro benzene ring substituents is 1. The molecular formula is C14H21N3O3. The number of nitrogens with zero attached hydrogens (tertiary/aromatic N) is 2. The quantitative estimate of drug-likeness (QED) is 0.660. The molecule has 1 aliphatic heterocycles. The average molecular weight is 279 g/mol. The largest absolute Gasteiger partial charge is 0.381 e. The van der Waals surface area contributed by atoms with Crippen LogP contribution < -0.4 is 5.32 Å². The molecule has 1 heterocycles. The van der Waals surface area contributed by atoms with E-state index in [2.05, 4.69) is 17.1 Å². The third-order valence-electron chi connectivity index (χ3n) is 3.44. The Bertz CT molecular complexity index is 473. The number of anilines is 1. The second-order valence-electron chi connectivity index (χ2n) is 5.22. The molecule has 1 aromatic rings. The van der Waals surface area contributed by atoms with Gasteiger partial charge >= 0.3 is 0 Å². The Morgan fingerprint density at radius 2 is 2.15 bits per heavy atom. The van der Waals surface area contributed by atoms with Gasteiger partial charge in [-0.2, -0.15) is 0 Å². The second-order valence-corrected chi connectivity index (χ2v) is 5.22. The first kappa shape index (κ1) is 14.7. The van der Waals surface area contributed by atoms with E-state index < -0.39 is 0 Å². The number of hydrogen-bond acceptors (Lipinski definition) is 5. The lowest BCUT2D eigenvalue weighted by Gasteiger charge is -2.29. The van der Waals surface area contributed by atoms with E-state index in [4.69, 9.17) is 4.74 Å². The Kier molecular flexibility index (Phi) is 4.92. The minimum absolute atomic E-state index is 0.163. The van der Waals surface area contributed by atoms with Crippen molar-refractivity contribution < 1.29 is 9.66 Å². The third kappa shape index (κ3) is 3.91. The number of aryl methyl sites for hydroxylation is 1. The van der Waals surface area contributed by atoms with Crippen molar-refractivity contribution in [3.05, 3.63) is 33.9 Å². The standard InChI is InChI=1S/C14H21N3O3/c1-11-9-13(3-4-14(11)17(18)19)15-12(2)10-16-5-7-20-8-6-16/h3-4,9,12,15H,5-8,10H2,1-2H3. The first-order valence-corrected chi connectivity index (χ1v) is 6.88. The van der Waals surface area contributed by atoms with E-state index in [1.165, 1.54) is 0 Å². The lowest BCUT2D eigenvalue weighted by Crippen LogP contribution is -2.42. The van der Waals surface area contributed by atoms with Gasteiger partial charge in [-0.25, -0.2) is 0 Å². The van der Waals surface area contributed by atoms with E-state index in [0.717, 1.165) is 38.5 Å². The van der Waals surface area contributed by atoms with E-state index in [1.807, 2.05) is 6.07 Å². The molecule has 1 atom stereocenters. The highest BCUT2D eigenvalue weighted by Crippen LogP contribution is 2.22. The van der Waals surface area contributed by atoms with Crippen LogP contribution >= 0.6 is 0 Å². The third-order valence-corrected chi connectivity index (χ3v) is 3.44. The maximum absolute atomic E-state index is 10.8. The van der Waals surface area contributed by atoms with Crippen molar-refractivity contribution in [3.8, 4) is 0 Å². The summed E-state index contributed by atoms with van der Waals surface area (Å²) >= 11 is 0. The molecule has 6 nitrogen and oxygen atoms in total. The van der Waals surface area contributed by atoms with Crippen molar-refractivity contribution >= 4 is 11.4 Å². The molecule has 6 heteroatoms. The molecule has 1 saturated heterocycles. The summed E-state index contributed by atoms with van der Waals surface area (Å²) in [7, 11) is 0. The lowest BCUT2D eigenvalue weighted by atomic mass is 10.1. The van der Waals surface area contributed by atoms with Gasteiger partial charge in [0.25, 0.3) is 5.69 Å². The van der Waals surface area contributed by atoms with Crippen LogP contribution in [0.3, 0.4) is 0 Å². The Hall–Kier alpha value is -1.66. The van der Waals surface area contributed by atoms with Crippen molar-refractivity contribution in [2.45, 2.75) is 19.9 Å². The molecule has 0 amide bonds. The summed E-state index contributed by atoms with van der Waals surface area (Å²) in [6, 6.07) is 5.43. The van der Waals surface area contributed by atoms with Crippen LogP contribution in [0.15, 0.2) is 18.2 Å². The van der Waals surface area contributed by atoms with Gasteiger partial charge in [-0.05, 0) is 26.0 Å². The van der Waals surface area contributed by atoms with Gasteiger partial charge in [0.2, 0.25) is 0 Å². The molecule has 110 valence electrons. The molecule has 2 rings (SSSR count). The number of nitrogens with one attached hydrogen (secondary N) is 1.